The summed E-state index contributed by atoms with van der Waals surface area (Å²) < 4.78 is 11.9. The Labute approximate surface area is 90.5 Å². The Hall–Kier alpha value is 0.786. The van der Waals surface area contributed by atoms with Gasteiger partial charge in [-0.05, 0) is 0 Å². The van der Waals surface area contributed by atoms with Gasteiger partial charge in [-0.25, -0.2) is 4.39 Å². The van der Waals surface area contributed by atoms with Gasteiger partial charge in [-0.15, -0.1) is 12.1 Å². The smallest absolute Gasteiger partial charge is 0.236 e. The predicted molar refractivity (Wildman–Crippen MR) is 25.2 cm³/mol. The first-order valence-corrected chi connectivity index (χ1v) is 2.02. The number of halogens is 1. The van der Waals surface area contributed by atoms with Crippen LogP contribution in [0, 0.1) is 11.9 Å². The third-order valence-electron chi connectivity index (χ3n) is 0.671. The van der Waals surface area contributed by atoms with E-state index in [1.807, 2.05) is 0 Å². The van der Waals surface area contributed by atoms with E-state index in [-0.39, 0.29) is 57.2 Å². The van der Waals surface area contributed by atoms with Gasteiger partial charge in [0.05, 0.1) is 0 Å². The summed E-state index contributed by atoms with van der Waals surface area (Å²) in [6.07, 6.45) is 0. The molecule has 2 heteroatoms. The molecule has 0 bridgehead atoms. The van der Waals surface area contributed by atoms with Gasteiger partial charge in [0.15, 0.2) is 0 Å². The standard InChI is InChI=1S/C6H4F.K/c7-6-4-2-1-3-5-6;/h1-4H;/q-1;+1. The van der Waals surface area contributed by atoms with Crippen LogP contribution in [0.1, 0.15) is 0 Å². The number of hydrogen-bond acceptors (Lipinski definition) is 0. The first-order chi connectivity index (χ1) is 3.39. The molecule has 0 unspecified atom stereocenters. The number of hydrogen-bond donors (Lipinski definition) is 0. The topological polar surface area (TPSA) is 0 Å². The van der Waals surface area contributed by atoms with Crippen LogP contribution < -0.4 is 51.4 Å². The molecule has 0 radical (unpaired) electrons. The molecule has 0 spiro atoms. The molecular weight excluding hydrogens is 130 g/mol. The summed E-state index contributed by atoms with van der Waals surface area (Å²) in [5.41, 5.74) is 0. The van der Waals surface area contributed by atoms with Crippen molar-refractivity contribution in [3.8, 4) is 0 Å². The summed E-state index contributed by atoms with van der Waals surface area (Å²) in [5, 5.41) is 0. The van der Waals surface area contributed by atoms with Gasteiger partial charge in [0.2, 0.25) is 0 Å². The SMILES string of the molecule is Fc1[c-]cccc1.[K+]. The van der Waals surface area contributed by atoms with Crippen molar-refractivity contribution < 1.29 is 55.8 Å². The summed E-state index contributed by atoms with van der Waals surface area (Å²) in [4.78, 5) is 0. The van der Waals surface area contributed by atoms with Crippen molar-refractivity contribution in [1.82, 2.24) is 0 Å². The molecule has 36 valence electrons. The molecule has 1 rings (SSSR count). The fraction of sp³-hybridized carbons (Fsp3) is 0. The van der Waals surface area contributed by atoms with Crippen molar-refractivity contribution in [2.45, 2.75) is 0 Å². The Balaban J connectivity index is 0.000000490. The van der Waals surface area contributed by atoms with Crippen LogP contribution in [0.4, 0.5) is 4.39 Å². The maximum absolute atomic E-state index is 11.9. The zero-order valence-electron chi connectivity index (χ0n) is 4.69. The van der Waals surface area contributed by atoms with Crippen molar-refractivity contribution in [3.63, 3.8) is 0 Å². The summed E-state index contributed by atoms with van der Waals surface area (Å²) in [5.74, 6) is -0.303. The van der Waals surface area contributed by atoms with E-state index in [0.29, 0.717) is 0 Å². The molecule has 0 amide bonds. The largest absolute Gasteiger partial charge is 1.00 e. The van der Waals surface area contributed by atoms with Crippen LogP contribution in [0.3, 0.4) is 0 Å². The molecule has 8 heavy (non-hydrogen) atoms. The van der Waals surface area contributed by atoms with E-state index in [9.17, 15) is 4.39 Å². The third-order valence-corrected chi connectivity index (χ3v) is 0.671. The van der Waals surface area contributed by atoms with Gasteiger partial charge in [0, 0.05) is 5.82 Å². The molecule has 0 saturated carbocycles. The van der Waals surface area contributed by atoms with E-state index in [0.717, 1.165) is 0 Å². The second kappa shape index (κ2) is 4.65. The van der Waals surface area contributed by atoms with Gasteiger partial charge in [-0.3, -0.25) is 0 Å². The second-order valence-corrected chi connectivity index (χ2v) is 1.21. The Morgan fingerprint density at radius 2 is 2.12 bits per heavy atom. The maximum Gasteiger partial charge on any atom is 1.00 e. The fourth-order valence-electron chi connectivity index (χ4n) is 0.371. The molecule has 0 aliphatic heterocycles. The van der Waals surface area contributed by atoms with Crippen molar-refractivity contribution in [3.05, 3.63) is 36.1 Å². The van der Waals surface area contributed by atoms with Crippen LogP contribution in [0.25, 0.3) is 0 Å². The third kappa shape index (κ3) is 2.94. The van der Waals surface area contributed by atoms with Crippen molar-refractivity contribution in [2.75, 3.05) is 0 Å². The minimum atomic E-state index is -0.303. The molecule has 0 heterocycles. The molecule has 0 N–H and O–H groups in total. The monoisotopic (exact) mass is 134 g/mol. The fourth-order valence-corrected chi connectivity index (χ4v) is 0.371. The summed E-state index contributed by atoms with van der Waals surface area (Å²) in [7, 11) is 0. The summed E-state index contributed by atoms with van der Waals surface area (Å²) in [6, 6.07) is 8.62. The van der Waals surface area contributed by atoms with Crippen LogP contribution in [-0.2, 0) is 0 Å². The van der Waals surface area contributed by atoms with E-state index in [1.165, 1.54) is 12.1 Å². The van der Waals surface area contributed by atoms with Crippen LogP contribution in [0.2, 0.25) is 0 Å². The average Bonchev–Trinajstić information content (AvgIpc) is 1.69. The normalized spacial score (nSPS) is 7.62. The van der Waals surface area contributed by atoms with Crippen LogP contribution in [0.5, 0.6) is 0 Å². The van der Waals surface area contributed by atoms with Crippen molar-refractivity contribution in [1.29, 1.82) is 0 Å². The molecule has 0 aliphatic carbocycles. The molecular formula is C6H4FK. The van der Waals surface area contributed by atoms with Crippen LogP contribution in [0.15, 0.2) is 24.3 Å². The Bertz CT molecular complexity index is 138. The first kappa shape index (κ1) is 8.79. The van der Waals surface area contributed by atoms with E-state index in [1.54, 1.807) is 12.1 Å². The molecule has 1 aromatic rings. The Morgan fingerprint density at radius 3 is 2.38 bits per heavy atom. The van der Waals surface area contributed by atoms with Crippen LogP contribution in [-0.4, -0.2) is 0 Å². The van der Waals surface area contributed by atoms with E-state index in [4.69, 9.17) is 0 Å². The zero-order valence-corrected chi connectivity index (χ0v) is 7.81. The minimum absolute atomic E-state index is 0. The van der Waals surface area contributed by atoms with Crippen molar-refractivity contribution >= 4 is 0 Å². The van der Waals surface area contributed by atoms with E-state index in [2.05, 4.69) is 6.07 Å². The van der Waals surface area contributed by atoms with Gasteiger partial charge in [-0.2, -0.15) is 18.2 Å². The number of benzene rings is 1. The quantitative estimate of drug-likeness (QED) is 0.303. The molecule has 0 fully saturated rings. The predicted octanol–water partition coefficient (Wildman–Crippen LogP) is -1.37. The van der Waals surface area contributed by atoms with Gasteiger partial charge in [-0.1, -0.05) is 0 Å². The minimum Gasteiger partial charge on any atom is -0.236 e. The van der Waals surface area contributed by atoms with Crippen LogP contribution >= 0.6 is 0 Å². The average molecular weight is 134 g/mol. The molecule has 0 saturated heterocycles. The van der Waals surface area contributed by atoms with Gasteiger partial charge < -0.3 is 0 Å². The van der Waals surface area contributed by atoms with Crippen molar-refractivity contribution in [2.24, 2.45) is 0 Å². The Kier molecular flexibility index (Phi) is 5.10. The Morgan fingerprint density at radius 1 is 1.38 bits per heavy atom. The van der Waals surface area contributed by atoms with E-state index < -0.39 is 0 Å². The summed E-state index contributed by atoms with van der Waals surface area (Å²) in [6.45, 7) is 0. The molecule has 0 aliphatic rings. The molecule has 0 atom stereocenters. The van der Waals surface area contributed by atoms with Gasteiger partial charge in [0.1, 0.15) is 0 Å². The summed E-state index contributed by atoms with van der Waals surface area (Å²) >= 11 is 0. The zero-order chi connectivity index (χ0) is 5.11. The van der Waals surface area contributed by atoms with Gasteiger partial charge in [0.25, 0.3) is 0 Å². The number of rotatable bonds is 0. The molecule has 0 nitrogen and oxygen atoms in total. The molecule has 1 aromatic carbocycles. The first-order valence-electron chi connectivity index (χ1n) is 2.02. The van der Waals surface area contributed by atoms with Gasteiger partial charge >= 0.3 is 51.4 Å². The molecule has 0 aromatic heterocycles. The maximum atomic E-state index is 11.9. The second-order valence-electron chi connectivity index (χ2n) is 1.21. The van der Waals surface area contributed by atoms with E-state index >= 15 is 0 Å².